The van der Waals surface area contributed by atoms with Gasteiger partial charge in [0.2, 0.25) is 0 Å². The lowest BCUT2D eigenvalue weighted by molar-refractivity contribution is 0.415. The number of ether oxygens (including phenoxy) is 1. The number of rotatable bonds is 3. The Labute approximate surface area is 166 Å². The van der Waals surface area contributed by atoms with Gasteiger partial charge in [0.1, 0.15) is 5.75 Å². The van der Waals surface area contributed by atoms with Crippen LogP contribution in [0.5, 0.6) is 5.75 Å². The van der Waals surface area contributed by atoms with Gasteiger partial charge >= 0.3 is 6.85 Å². The number of para-hydroxylation sites is 2. The van der Waals surface area contributed by atoms with E-state index in [4.69, 9.17) is 4.74 Å². The first-order chi connectivity index (χ1) is 13.9. The normalized spacial score (nSPS) is 12.3. The van der Waals surface area contributed by atoms with Crippen molar-refractivity contribution in [2.45, 2.75) is 0 Å². The summed E-state index contributed by atoms with van der Waals surface area (Å²) in [6.07, 6.45) is 0. The minimum Gasteiger partial charge on any atom is -0.497 e. The van der Waals surface area contributed by atoms with E-state index in [1.807, 2.05) is 0 Å². The van der Waals surface area contributed by atoms with Crippen LogP contribution in [0.15, 0.2) is 103 Å². The van der Waals surface area contributed by atoms with E-state index in [0.717, 1.165) is 5.75 Å². The third-order valence-electron chi connectivity index (χ3n) is 5.42. The first-order valence-corrected chi connectivity index (χ1v) is 9.53. The van der Waals surface area contributed by atoms with Crippen LogP contribution in [0.3, 0.4) is 0 Å². The molecule has 0 unspecified atom stereocenters. The fourth-order valence-corrected chi connectivity index (χ4v) is 4.16. The van der Waals surface area contributed by atoms with E-state index in [1.54, 1.807) is 7.11 Å². The summed E-state index contributed by atoms with van der Waals surface area (Å²) in [6, 6.07) is 36.4. The van der Waals surface area contributed by atoms with Crippen LogP contribution in [0, 0.1) is 0 Å². The molecule has 5 rings (SSSR count). The van der Waals surface area contributed by atoms with E-state index in [1.165, 1.54) is 33.4 Å². The predicted molar refractivity (Wildman–Crippen MR) is 118 cm³/mol. The highest BCUT2D eigenvalue weighted by molar-refractivity contribution is 6.90. The van der Waals surface area contributed by atoms with E-state index in [-0.39, 0.29) is 6.85 Å². The lowest BCUT2D eigenvalue weighted by Crippen LogP contribution is -2.57. The second-order valence-corrected chi connectivity index (χ2v) is 6.99. The zero-order valence-electron chi connectivity index (χ0n) is 15.7. The first kappa shape index (κ1) is 16.7. The first-order valence-electron chi connectivity index (χ1n) is 9.53. The van der Waals surface area contributed by atoms with Gasteiger partial charge in [-0.15, -0.1) is 0 Å². The summed E-state index contributed by atoms with van der Waals surface area (Å²) in [7, 11) is 1.72. The van der Waals surface area contributed by atoms with Crippen LogP contribution in [0.2, 0.25) is 0 Å². The minimum absolute atomic E-state index is 0.0967. The topological polar surface area (TPSA) is 12.5 Å². The molecule has 0 bridgehead atoms. The zero-order chi connectivity index (χ0) is 18.9. The van der Waals surface area contributed by atoms with E-state index in [9.17, 15) is 0 Å². The standard InChI is InChI=1S/C25H20BNO/c1-28-21-16-17-24-23(18-21)22-14-8-9-15-25(22)27(20-12-6-3-7-13-20)26(24)19-10-4-2-5-11-19/h2-18H,1H3. The molecule has 1 heterocycles. The summed E-state index contributed by atoms with van der Waals surface area (Å²) in [6.45, 7) is 0.0967. The Hall–Kier alpha value is -3.46. The maximum Gasteiger partial charge on any atom is 0.328 e. The Balaban J connectivity index is 1.82. The van der Waals surface area contributed by atoms with Crippen molar-refractivity contribution in [2.75, 3.05) is 11.9 Å². The molecule has 1 aliphatic rings. The summed E-state index contributed by atoms with van der Waals surface area (Å²) in [4.78, 5) is 2.44. The third-order valence-corrected chi connectivity index (χ3v) is 5.42. The van der Waals surface area contributed by atoms with Crippen molar-refractivity contribution < 1.29 is 4.74 Å². The summed E-state index contributed by atoms with van der Waals surface area (Å²) in [5, 5.41) is 0. The molecule has 4 aromatic rings. The molecule has 1 aliphatic heterocycles. The lowest BCUT2D eigenvalue weighted by Gasteiger charge is -2.39. The Morgan fingerprint density at radius 2 is 1.36 bits per heavy atom. The van der Waals surface area contributed by atoms with Crippen molar-refractivity contribution >= 4 is 29.1 Å². The summed E-state index contributed by atoms with van der Waals surface area (Å²) >= 11 is 0. The molecule has 0 spiro atoms. The summed E-state index contributed by atoms with van der Waals surface area (Å²) in [5.41, 5.74) is 7.42. The van der Waals surface area contributed by atoms with Crippen molar-refractivity contribution in [1.82, 2.24) is 0 Å². The van der Waals surface area contributed by atoms with Gasteiger partial charge in [-0.1, -0.05) is 78.3 Å². The fourth-order valence-electron chi connectivity index (χ4n) is 4.16. The summed E-state index contributed by atoms with van der Waals surface area (Å²) in [5.74, 6) is 0.883. The molecule has 134 valence electrons. The molecular formula is C25H20BNO. The number of nitrogens with zero attached hydrogens (tertiary/aromatic N) is 1. The molecule has 2 nitrogen and oxygen atoms in total. The van der Waals surface area contributed by atoms with Gasteiger partial charge in [0.25, 0.3) is 0 Å². The molecule has 0 aliphatic carbocycles. The molecule has 3 heteroatoms. The number of hydrogen-bond acceptors (Lipinski definition) is 2. The molecule has 0 aromatic heterocycles. The van der Waals surface area contributed by atoms with Crippen molar-refractivity contribution in [3.05, 3.63) is 103 Å². The van der Waals surface area contributed by atoms with E-state index >= 15 is 0 Å². The monoisotopic (exact) mass is 361 g/mol. The average molecular weight is 361 g/mol. The van der Waals surface area contributed by atoms with Crippen LogP contribution in [-0.2, 0) is 0 Å². The van der Waals surface area contributed by atoms with Gasteiger partial charge in [0, 0.05) is 16.9 Å². The smallest absolute Gasteiger partial charge is 0.328 e. The van der Waals surface area contributed by atoms with Crippen molar-refractivity contribution in [3.8, 4) is 16.9 Å². The Kier molecular flexibility index (Phi) is 4.14. The molecule has 0 saturated carbocycles. The molecule has 0 atom stereocenters. The van der Waals surface area contributed by atoms with Crippen LogP contribution in [-0.4, -0.2) is 14.0 Å². The maximum atomic E-state index is 5.53. The van der Waals surface area contributed by atoms with Gasteiger partial charge in [-0.05, 0) is 41.4 Å². The highest BCUT2D eigenvalue weighted by Gasteiger charge is 2.36. The number of fused-ring (bicyclic) bond motifs is 3. The second kappa shape index (κ2) is 6.93. The zero-order valence-corrected chi connectivity index (χ0v) is 15.7. The fraction of sp³-hybridized carbons (Fsp3) is 0.0400. The largest absolute Gasteiger partial charge is 0.497 e. The van der Waals surface area contributed by atoms with Gasteiger partial charge in [-0.25, -0.2) is 0 Å². The van der Waals surface area contributed by atoms with Gasteiger partial charge < -0.3 is 9.55 Å². The van der Waals surface area contributed by atoms with Crippen LogP contribution in [0.4, 0.5) is 11.4 Å². The molecular weight excluding hydrogens is 341 g/mol. The van der Waals surface area contributed by atoms with Crippen LogP contribution in [0.25, 0.3) is 11.1 Å². The number of methoxy groups -OCH3 is 1. The molecule has 0 radical (unpaired) electrons. The summed E-state index contributed by atoms with van der Waals surface area (Å²) < 4.78 is 5.53. The molecule has 0 fully saturated rings. The van der Waals surface area contributed by atoms with Crippen molar-refractivity contribution in [2.24, 2.45) is 0 Å². The van der Waals surface area contributed by atoms with Crippen molar-refractivity contribution in [3.63, 3.8) is 0 Å². The van der Waals surface area contributed by atoms with Gasteiger partial charge in [0.15, 0.2) is 0 Å². The number of benzene rings is 4. The van der Waals surface area contributed by atoms with Crippen LogP contribution < -0.4 is 20.5 Å². The molecule has 0 amide bonds. The van der Waals surface area contributed by atoms with Gasteiger partial charge in [-0.2, -0.15) is 0 Å². The SMILES string of the molecule is COc1ccc2c(c1)-c1ccccc1N(c1ccccc1)B2c1ccccc1. The highest BCUT2D eigenvalue weighted by atomic mass is 16.5. The lowest BCUT2D eigenvalue weighted by atomic mass is 9.46. The van der Waals surface area contributed by atoms with Gasteiger partial charge in [0.05, 0.1) is 7.11 Å². The van der Waals surface area contributed by atoms with E-state index in [2.05, 4.69) is 108 Å². The van der Waals surface area contributed by atoms with Crippen molar-refractivity contribution in [1.29, 1.82) is 0 Å². The number of anilines is 2. The Bertz CT molecular complexity index is 1110. The Morgan fingerprint density at radius 1 is 0.679 bits per heavy atom. The predicted octanol–water partition coefficient (Wildman–Crippen LogP) is 4.62. The quantitative estimate of drug-likeness (QED) is 0.494. The van der Waals surface area contributed by atoms with E-state index in [0.29, 0.717) is 0 Å². The van der Waals surface area contributed by atoms with E-state index < -0.39 is 0 Å². The molecule has 28 heavy (non-hydrogen) atoms. The van der Waals surface area contributed by atoms with Crippen LogP contribution in [0.1, 0.15) is 0 Å². The third kappa shape index (κ3) is 2.68. The number of hydrogen-bond donors (Lipinski definition) is 0. The van der Waals surface area contributed by atoms with Gasteiger partial charge in [-0.3, -0.25) is 0 Å². The minimum atomic E-state index is 0.0967. The maximum absolute atomic E-state index is 5.53. The Morgan fingerprint density at radius 3 is 2.11 bits per heavy atom. The second-order valence-electron chi connectivity index (χ2n) is 6.99. The van der Waals surface area contributed by atoms with Crippen LogP contribution >= 0.6 is 0 Å². The highest BCUT2D eigenvalue weighted by Crippen LogP contribution is 2.40. The average Bonchev–Trinajstić information content (AvgIpc) is 2.79. The molecule has 0 saturated heterocycles. The molecule has 4 aromatic carbocycles. The molecule has 0 N–H and O–H groups in total.